The molecular formula is C49H33N. The van der Waals surface area contributed by atoms with Crippen molar-refractivity contribution in [3.8, 4) is 11.1 Å². The van der Waals surface area contributed by atoms with Crippen LogP contribution in [0.5, 0.6) is 0 Å². The molecule has 9 aromatic rings. The second-order valence-corrected chi connectivity index (χ2v) is 13.3. The zero-order valence-corrected chi connectivity index (χ0v) is 27.5. The molecule has 0 fully saturated rings. The molecule has 9 aromatic carbocycles. The second kappa shape index (κ2) is 11.3. The molecule has 0 heterocycles. The van der Waals surface area contributed by atoms with E-state index in [4.69, 9.17) is 0 Å². The molecule has 0 unspecified atom stereocenters. The lowest BCUT2D eigenvalue weighted by Gasteiger charge is -2.34. The molecule has 0 aromatic heterocycles. The number of fused-ring (bicyclic) bond motifs is 7. The summed E-state index contributed by atoms with van der Waals surface area (Å²) < 4.78 is 0. The Morgan fingerprint density at radius 2 is 0.940 bits per heavy atom. The van der Waals surface area contributed by atoms with Gasteiger partial charge in [0.05, 0.1) is 11.1 Å². The van der Waals surface area contributed by atoms with E-state index in [1.807, 2.05) is 0 Å². The van der Waals surface area contributed by atoms with Gasteiger partial charge in [-0.05, 0) is 103 Å². The van der Waals surface area contributed by atoms with E-state index in [0.29, 0.717) is 0 Å². The monoisotopic (exact) mass is 635 g/mol. The summed E-state index contributed by atoms with van der Waals surface area (Å²) in [6.07, 6.45) is 0. The molecule has 1 nitrogen and oxygen atoms in total. The topological polar surface area (TPSA) is 3.24 Å². The van der Waals surface area contributed by atoms with E-state index in [-0.39, 0.29) is 0 Å². The molecule has 0 spiro atoms. The molecule has 0 radical (unpaired) electrons. The predicted octanol–water partition coefficient (Wildman–Crippen LogP) is 13.0. The highest BCUT2D eigenvalue weighted by molar-refractivity contribution is 6.17. The van der Waals surface area contributed by atoms with Crippen LogP contribution in [0.15, 0.2) is 200 Å². The van der Waals surface area contributed by atoms with E-state index in [1.165, 1.54) is 65.7 Å². The van der Waals surface area contributed by atoms with Gasteiger partial charge in [-0.2, -0.15) is 0 Å². The van der Waals surface area contributed by atoms with Gasteiger partial charge >= 0.3 is 0 Å². The third-order valence-electron chi connectivity index (χ3n) is 10.7. The summed E-state index contributed by atoms with van der Waals surface area (Å²) in [7, 11) is 0. The van der Waals surface area contributed by atoms with Gasteiger partial charge in [0.15, 0.2) is 0 Å². The summed E-state index contributed by atoms with van der Waals surface area (Å²) in [5, 5.41) is 7.42. The van der Waals surface area contributed by atoms with Crippen LogP contribution in [0.3, 0.4) is 0 Å². The van der Waals surface area contributed by atoms with E-state index in [2.05, 4.69) is 205 Å². The van der Waals surface area contributed by atoms with Gasteiger partial charge < -0.3 is 4.90 Å². The Kier molecular flexibility index (Phi) is 6.47. The minimum Gasteiger partial charge on any atom is -0.310 e. The summed E-state index contributed by atoms with van der Waals surface area (Å²) in [5.74, 6) is 0. The van der Waals surface area contributed by atoms with Crippen LogP contribution in [0.25, 0.3) is 43.4 Å². The molecule has 0 amide bonds. The van der Waals surface area contributed by atoms with Crippen LogP contribution >= 0.6 is 0 Å². The standard InChI is InChI=1S/C49H33N/c1-4-18-38(19-5-1)49(39-20-6-2-7-21-39)45-25-13-12-24-42(45)44-32-37-28-27-35-17-14-26-47(48(35)43(37)33-46(44)49)50(40-22-8-3-9-23-40)41-30-29-34-15-10-11-16-36(34)31-41/h1-33H. The van der Waals surface area contributed by atoms with Crippen molar-refractivity contribution in [2.24, 2.45) is 0 Å². The normalized spacial score (nSPS) is 13.0. The summed E-state index contributed by atoms with van der Waals surface area (Å²) in [6, 6.07) is 73.6. The summed E-state index contributed by atoms with van der Waals surface area (Å²) in [4.78, 5) is 2.43. The molecule has 0 bridgehead atoms. The quantitative estimate of drug-likeness (QED) is 0.170. The first-order chi connectivity index (χ1) is 24.8. The third kappa shape index (κ3) is 4.20. The fourth-order valence-electron chi connectivity index (χ4n) is 8.53. The van der Waals surface area contributed by atoms with Gasteiger partial charge in [0.1, 0.15) is 0 Å². The predicted molar refractivity (Wildman–Crippen MR) is 211 cm³/mol. The van der Waals surface area contributed by atoms with Crippen LogP contribution in [0, 0.1) is 0 Å². The molecule has 50 heavy (non-hydrogen) atoms. The van der Waals surface area contributed by atoms with E-state index in [0.717, 1.165) is 17.1 Å². The van der Waals surface area contributed by atoms with Crippen molar-refractivity contribution in [3.63, 3.8) is 0 Å². The van der Waals surface area contributed by atoms with E-state index in [1.54, 1.807) is 0 Å². The Morgan fingerprint density at radius 1 is 0.340 bits per heavy atom. The number of nitrogens with zero attached hydrogens (tertiary/aromatic N) is 1. The van der Waals surface area contributed by atoms with Gasteiger partial charge in [0.25, 0.3) is 0 Å². The van der Waals surface area contributed by atoms with Crippen LogP contribution in [0.4, 0.5) is 17.1 Å². The lowest BCUT2D eigenvalue weighted by molar-refractivity contribution is 0.769. The zero-order chi connectivity index (χ0) is 33.1. The van der Waals surface area contributed by atoms with Gasteiger partial charge in [0.2, 0.25) is 0 Å². The molecule has 1 aliphatic carbocycles. The molecule has 0 N–H and O–H groups in total. The Morgan fingerprint density at radius 3 is 1.70 bits per heavy atom. The first-order valence-electron chi connectivity index (χ1n) is 17.4. The first-order valence-corrected chi connectivity index (χ1v) is 17.4. The maximum atomic E-state index is 2.51. The van der Waals surface area contributed by atoms with Crippen molar-refractivity contribution in [1.82, 2.24) is 0 Å². The first kappa shape index (κ1) is 28.6. The van der Waals surface area contributed by atoms with Gasteiger partial charge in [-0.3, -0.25) is 0 Å². The number of hydrogen-bond acceptors (Lipinski definition) is 1. The molecule has 0 saturated heterocycles. The van der Waals surface area contributed by atoms with Crippen molar-refractivity contribution < 1.29 is 0 Å². The van der Waals surface area contributed by atoms with E-state index >= 15 is 0 Å². The van der Waals surface area contributed by atoms with Crippen molar-refractivity contribution in [3.05, 3.63) is 222 Å². The van der Waals surface area contributed by atoms with E-state index < -0.39 is 5.41 Å². The Labute approximate surface area is 292 Å². The average molecular weight is 636 g/mol. The summed E-state index contributed by atoms with van der Waals surface area (Å²) >= 11 is 0. The molecule has 1 heteroatoms. The van der Waals surface area contributed by atoms with Crippen LogP contribution in [0.1, 0.15) is 22.3 Å². The van der Waals surface area contributed by atoms with Gasteiger partial charge in [-0.15, -0.1) is 0 Å². The van der Waals surface area contributed by atoms with Gasteiger partial charge in [-0.25, -0.2) is 0 Å². The van der Waals surface area contributed by atoms with Gasteiger partial charge in [-0.1, -0.05) is 158 Å². The average Bonchev–Trinajstić information content (AvgIpc) is 3.48. The summed E-state index contributed by atoms with van der Waals surface area (Å²) in [6.45, 7) is 0. The van der Waals surface area contributed by atoms with Crippen LogP contribution in [0.2, 0.25) is 0 Å². The highest BCUT2D eigenvalue weighted by atomic mass is 15.1. The van der Waals surface area contributed by atoms with Crippen molar-refractivity contribution in [2.45, 2.75) is 5.41 Å². The molecule has 1 aliphatic rings. The third-order valence-corrected chi connectivity index (χ3v) is 10.7. The number of anilines is 3. The van der Waals surface area contributed by atoms with Crippen molar-refractivity contribution in [2.75, 3.05) is 4.90 Å². The molecule has 0 atom stereocenters. The van der Waals surface area contributed by atoms with Crippen LogP contribution < -0.4 is 4.90 Å². The Bertz CT molecular complexity index is 2650. The summed E-state index contributed by atoms with van der Waals surface area (Å²) in [5.41, 5.74) is 10.8. The van der Waals surface area contributed by atoms with Crippen LogP contribution in [-0.4, -0.2) is 0 Å². The Balaban J connectivity index is 1.32. The second-order valence-electron chi connectivity index (χ2n) is 13.3. The largest absolute Gasteiger partial charge is 0.310 e. The molecular weight excluding hydrogens is 603 g/mol. The van der Waals surface area contributed by atoms with Crippen molar-refractivity contribution in [1.29, 1.82) is 0 Å². The fraction of sp³-hybridized carbons (Fsp3) is 0.0204. The maximum Gasteiger partial charge on any atom is 0.0713 e. The van der Waals surface area contributed by atoms with Gasteiger partial charge in [0, 0.05) is 16.8 Å². The minimum atomic E-state index is -0.461. The molecule has 10 rings (SSSR count). The molecule has 0 aliphatic heterocycles. The lowest BCUT2D eigenvalue weighted by atomic mass is 9.67. The SMILES string of the molecule is c1ccc(N(c2ccc3ccccc3c2)c2cccc3ccc4cc5c(cc4c23)C(c2ccccc2)(c2ccccc2)c2ccccc2-5)cc1. The highest BCUT2D eigenvalue weighted by Crippen LogP contribution is 2.57. The number of para-hydroxylation sites is 1. The van der Waals surface area contributed by atoms with Crippen molar-refractivity contribution >= 4 is 49.4 Å². The lowest BCUT2D eigenvalue weighted by Crippen LogP contribution is -2.28. The van der Waals surface area contributed by atoms with E-state index in [9.17, 15) is 0 Å². The zero-order valence-electron chi connectivity index (χ0n) is 27.5. The molecule has 0 saturated carbocycles. The number of rotatable bonds is 5. The highest BCUT2D eigenvalue weighted by Gasteiger charge is 2.46. The number of benzene rings is 9. The van der Waals surface area contributed by atoms with Crippen LogP contribution in [-0.2, 0) is 5.41 Å². The fourth-order valence-corrected chi connectivity index (χ4v) is 8.53. The molecule has 234 valence electrons. The Hall–Kier alpha value is -6.44. The maximum absolute atomic E-state index is 2.51. The minimum absolute atomic E-state index is 0.461. The number of hydrogen-bond donors (Lipinski definition) is 0. The smallest absolute Gasteiger partial charge is 0.0713 e.